The lowest BCUT2D eigenvalue weighted by atomic mass is 9.82. The number of aryl methyl sites for hydroxylation is 7. The van der Waals surface area contributed by atoms with E-state index in [2.05, 4.69) is 415 Å². The second-order valence-corrected chi connectivity index (χ2v) is 50.5. The average Bonchev–Trinajstić information content (AvgIpc) is 1.37. The molecule has 3 N–H and O–H groups in total. The van der Waals surface area contributed by atoms with Crippen LogP contribution in [-0.2, 0) is 106 Å². The lowest BCUT2D eigenvalue weighted by molar-refractivity contribution is 0.287. The number of anilines is 3. The van der Waals surface area contributed by atoms with Gasteiger partial charge in [0.25, 0.3) is 0 Å². The summed E-state index contributed by atoms with van der Waals surface area (Å²) in [6.45, 7) is 73.6. The number of nitrogens with zero attached hydrogens (tertiary/aromatic N) is 3. The van der Waals surface area contributed by atoms with Gasteiger partial charge in [-0.2, -0.15) is 0 Å². The van der Waals surface area contributed by atoms with E-state index in [1.165, 1.54) is 183 Å². The summed E-state index contributed by atoms with van der Waals surface area (Å²) in [6, 6.07) is 70.9. The minimum absolute atomic E-state index is 0.157. The van der Waals surface area contributed by atoms with Crippen LogP contribution in [0.5, 0.6) is 23.0 Å². The van der Waals surface area contributed by atoms with Crippen LogP contribution in [0.1, 0.15) is 353 Å². The predicted octanol–water partition coefficient (Wildman–Crippen LogP) is 33.4. The first kappa shape index (κ1) is 109. The number of ether oxygens (including phenoxy) is 4. The van der Waals surface area contributed by atoms with E-state index in [0.29, 0.717) is 10.8 Å². The Kier molecular flexibility index (Phi) is 37.1. The first-order valence-corrected chi connectivity index (χ1v) is 53.2. The smallest absolute Gasteiger partial charge is 0.161 e. The molecule has 8 aliphatic rings. The summed E-state index contributed by atoms with van der Waals surface area (Å²) in [5, 5.41) is 11.5. The highest BCUT2D eigenvalue weighted by atomic mass is 32.2. The van der Waals surface area contributed by atoms with Gasteiger partial charge in [0, 0.05) is 66.3 Å². The zero-order valence-electron chi connectivity index (χ0n) is 91.4. The standard InChI is InChI=1S/C14H20.C13H15N.C13H19N.C13H18O2.C13H18O.C13H18S.C13H18.C12H14N2.C12H17NO.C12H17N/c1-14(2,3)13-9-8-11-6-4-5-7-12(11)10-13;1-13(2,3)11-6-7-12-10(9-11)5-4-8-14-12;1-13(2,3)11-7-6-10-5-4-8-14-12(10)9-11;1-13(2,3)10-5-6-11-12(9-10)15-8-4-7-14-11;1-13(2,3)11-7-6-10-5-4-8-14-12(10)9-11;1-13(2,3)11-6-7-12-10(9-11)5-4-8-14-12;1-13(2,3)12-8-7-10-5-4-6-11(10)9-12;1-12(2,3)9-4-5-10-11(8-9)14-7-6-13-10;1-12(2,3)9-4-5-11-10(8-9)13-6-7-14-11;1-12(2,3)10-5-4-9-6-7-13-11(9)8-10/h8-10H,4-7H2,1-3H3;4-9H,1-3H3;6-7,9,14H,4-5,8H2,1-3H3;5-6,9H,4,7-8H2,1-3H3;2*6-7,9H,4-5,8H2,1-3H3;7-9H,4-6H2,1-3H3;4-8H,1-3H3;4-5,8,13H,6-7H2,1-3H3;4-5,8,13H,6-7H2,1-3H3. The molecule has 2 aromatic heterocycles. The van der Waals surface area contributed by atoms with Crippen molar-refractivity contribution in [1.82, 2.24) is 15.0 Å². The molecule has 10 aromatic carbocycles. The Balaban J connectivity index is 0.000000148. The van der Waals surface area contributed by atoms with E-state index in [1.807, 2.05) is 36.2 Å². The molecule has 2 aliphatic carbocycles. The summed E-state index contributed by atoms with van der Waals surface area (Å²) in [4.78, 5) is 14.3. The molecule has 20 rings (SSSR count). The second-order valence-electron chi connectivity index (χ2n) is 49.4. The minimum Gasteiger partial charge on any atom is -0.493 e. The van der Waals surface area contributed by atoms with Gasteiger partial charge in [0.15, 0.2) is 11.5 Å². The van der Waals surface area contributed by atoms with Crippen LogP contribution in [0.15, 0.2) is 218 Å². The molecule has 8 heterocycles. The van der Waals surface area contributed by atoms with Gasteiger partial charge in [0.1, 0.15) is 18.1 Å². The normalized spacial score (nSPS) is 15.1. The summed E-state index contributed by atoms with van der Waals surface area (Å²) in [5.41, 5.74) is 35.3. The molecule has 0 saturated heterocycles. The monoisotopic (exact) mass is 1890 g/mol. The van der Waals surface area contributed by atoms with Gasteiger partial charge in [-0.1, -0.05) is 323 Å². The third-order valence-corrected chi connectivity index (χ3v) is 28.5. The molecule has 746 valence electrons. The van der Waals surface area contributed by atoms with Crippen molar-refractivity contribution in [2.75, 3.05) is 67.8 Å². The molecule has 11 heteroatoms. The third kappa shape index (κ3) is 32.7. The van der Waals surface area contributed by atoms with E-state index in [4.69, 9.17) is 18.9 Å². The van der Waals surface area contributed by atoms with Crippen LogP contribution < -0.4 is 34.9 Å². The van der Waals surface area contributed by atoms with Crippen molar-refractivity contribution in [3.63, 3.8) is 0 Å². The number of benzene rings is 10. The molecule has 0 atom stereocenters. The van der Waals surface area contributed by atoms with Gasteiger partial charge in [-0.25, -0.2) is 0 Å². The number of rotatable bonds is 0. The highest BCUT2D eigenvalue weighted by Gasteiger charge is 2.27. The molecule has 0 amide bonds. The first-order valence-electron chi connectivity index (χ1n) is 52.2. The van der Waals surface area contributed by atoms with Crippen LogP contribution in [0.4, 0.5) is 17.1 Å². The summed E-state index contributed by atoms with van der Waals surface area (Å²) in [7, 11) is 0. The van der Waals surface area contributed by atoms with E-state index in [0.717, 1.165) is 104 Å². The molecule has 6 aliphatic heterocycles. The molecular formula is C128H174N6O4S. The van der Waals surface area contributed by atoms with Crippen LogP contribution in [0.25, 0.3) is 21.9 Å². The lowest BCUT2D eigenvalue weighted by Crippen LogP contribution is -2.19. The molecule has 0 bridgehead atoms. The maximum atomic E-state index is 5.66. The first-order chi connectivity index (χ1) is 65.2. The van der Waals surface area contributed by atoms with Crippen molar-refractivity contribution in [2.24, 2.45) is 0 Å². The number of pyridine rings is 1. The highest BCUT2D eigenvalue weighted by Crippen LogP contribution is 2.41. The molecule has 139 heavy (non-hydrogen) atoms. The second kappa shape index (κ2) is 47.2. The average molecular weight is 1890 g/mol. The van der Waals surface area contributed by atoms with Gasteiger partial charge in [-0.15, -0.1) is 11.8 Å². The van der Waals surface area contributed by atoms with Crippen molar-refractivity contribution in [3.8, 4) is 23.0 Å². The third-order valence-electron chi connectivity index (χ3n) is 27.3. The molecule has 12 aromatic rings. The van der Waals surface area contributed by atoms with Gasteiger partial charge < -0.3 is 34.9 Å². The number of hydrogen-bond acceptors (Lipinski definition) is 11. The van der Waals surface area contributed by atoms with Crippen molar-refractivity contribution >= 4 is 50.8 Å². The van der Waals surface area contributed by atoms with Crippen LogP contribution in [-0.4, -0.2) is 66.8 Å². The molecule has 0 unspecified atom stereocenters. The summed E-state index contributed by atoms with van der Waals surface area (Å²) >= 11 is 2.01. The molecular weight excluding hydrogens is 1720 g/mol. The zero-order chi connectivity index (χ0) is 101. The Labute approximate surface area is 845 Å². The summed E-state index contributed by atoms with van der Waals surface area (Å²) in [6.07, 6.45) is 24.1. The van der Waals surface area contributed by atoms with Gasteiger partial charge >= 0.3 is 0 Å². The number of hydrogen-bond donors (Lipinski definition) is 3. The summed E-state index contributed by atoms with van der Waals surface area (Å²) < 4.78 is 22.4. The Morgan fingerprint density at radius 3 is 1.14 bits per heavy atom. The SMILES string of the molecule is CC(C)(C)c1ccc2c(c1)CCC2.CC(C)(C)c1ccc2c(c1)CCCC2.CC(C)(C)c1ccc2c(c1)CCCS2.CC(C)(C)c1ccc2c(c1)NCC2.CC(C)(C)c1ccc2c(c1)NCCC2.CC(C)(C)c1ccc2c(c1)NCCO2.CC(C)(C)c1ccc2c(c1)OCCC2.CC(C)(C)c1ccc2c(c1)OCCCO2.CC(C)(C)c1ccc2ncccc2c1.CC(C)(C)c1ccc2nccnc2c1. The van der Waals surface area contributed by atoms with Crippen molar-refractivity contribution in [1.29, 1.82) is 0 Å². The van der Waals surface area contributed by atoms with Gasteiger partial charge in [0.05, 0.1) is 42.1 Å². The number of aromatic nitrogens is 3. The Morgan fingerprint density at radius 1 is 0.223 bits per heavy atom. The van der Waals surface area contributed by atoms with Crippen LogP contribution in [0, 0.1) is 0 Å². The Hall–Kier alpha value is -10.1. The van der Waals surface area contributed by atoms with Crippen molar-refractivity contribution in [3.05, 3.63) is 313 Å². The van der Waals surface area contributed by atoms with E-state index in [9.17, 15) is 0 Å². The minimum atomic E-state index is 0.157. The highest BCUT2D eigenvalue weighted by molar-refractivity contribution is 7.99. The van der Waals surface area contributed by atoms with Crippen LogP contribution in [0.2, 0.25) is 0 Å². The number of nitrogens with one attached hydrogen (secondary N) is 3. The van der Waals surface area contributed by atoms with Gasteiger partial charge in [-0.3, -0.25) is 15.0 Å². The molecule has 0 spiro atoms. The van der Waals surface area contributed by atoms with Crippen molar-refractivity contribution in [2.45, 2.75) is 363 Å². The lowest BCUT2D eigenvalue weighted by Gasteiger charge is -2.24. The maximum Gasteiger partial charge on any atom is 0.161 e. The van der Waals surface area contributed by atoms with E-state index in [1.54, 1.807) is 40.2 Å². The fraction of sp³-hybridized carbons (Fsp3) is 0.492. The van der Waals surface area contributed by atoms with Gasteiger partial charge in [-0.05, 0) is 329 Å². The van der Waals surface area contributed by atoms with Crippen molar-refractivity contribution < 1.29 is 18.9 Å². The largest absolute Gasteiger partial charge is 0.493 e. The molecule has 0 radical (unpaired) electrons. The predicted molar refractivity (Wildman–Crippen MR) is 600 cm³/mol. The van der Waals surface area contributed by atoms with E-state index in [-0.39, 0.29) is 43.3 Å². The van der Waals surface area contributed by atoms with Crippen LogP contribution >= 0.6 is 11.8 Å². The molecule has 0 saturated carbocycles. The fourth-order valence-corrected chi connectivity index (χ4v) is 18.8. The quantitative estimate of drug-likeness (QED) is 0.135. The fourth-order valence-electron chi connectivity index (χ4n) is 17.8. The van der Waals surface area contributed by atoms with E-state index < -0.39 is 0 Å². The molecule has 10 nitrogen and oxygen atoms in total. The maximum absolute atomic E-state index is 5.66. The number of thioether (sulfide) groups is 1. The zero-order valence-corrected chi connectivity index (χ0v) is 92.2. The van der Waals surface area contributed by atoms with Gasteiger partial charge in [0.2, 0.25) is 0 Å². The Morgan fingerprint density at radius 2 is 0.583 bits per heavy atom. The van der Waals surface area contributed by atoms with E-state index >= 15 is 0 Å². The Bertz CT molecular complexity index is 5440. The molecule has 0 fully saturated rings. The summed E-state index contributed by atoms with van der Waals surface area (Å²) in [5.74, 6) is 5.13. The van der Waals surface area contributed by atoms with Crippen LogP contribution in [0.3, 0.4) is 0 Å². The topological polar surface area (TPSA) is 112 Å². The number of fused-ring (bicyclic) bond motifs is 10.